The second-order valence-corrected chi connectivity index (χ2v) is 8.87. The van der Waals surface area contributed by atoms with E-state index in [1.807, 2.05) is 31.2 Å². The monoisotopic (exact) mass is 420 g/mol. The Kier molecular flexibility index (Phi) is 7.13. The van der Waals surface area contributed by atoms with Gasteiger partial charge in [0.1, 0.15) is 12.7 Å². The van der Waals surface area contributed by atoms with Crippen LogP contribution in [-0.2, 0) is 10.1 Å². The SMILES string of the molecule is Cc1ccc(S(=O)(=O)O)cc1.N[C@H]1CCCN(C[C@H]2COc3ccccc3O2)C1. The highest BCUT2D eigenvalue weighted by atomic mass is 32.2. The lowest BCUT2D eigenvalue weighted by atomic mass is 10.1. The Morgan fingerprint density at radius 1 is 1.14 bits per heavy atom. The van der Waals surface area contributed by atoms with Gasteiger partial charge in [-0.15, -0.1) is 0 Å². The summed E-state index contributed by atoms with van der Waals surface area (Å²) >= 11 is 0. The summed E-state index contributed by atoms with van der Waals surface area (Å²) in [7, 11) is -4.02. The molecule has 2 aromatic rings. The molecule has 0 radical (unpaired) electrons. The maximum atomic E-state index is 10.5. The normalized spacial score (nSPS) is 21.8. The maximum absolute atomic E-state index is 10.5. The third kappa shape index (κ3) is 6.43. The van der Waals surface area contributed by atoms with Crippen LogP contribution in [0, 0.1) is 6.92 Å². The van der Waals surface area contributed by atoms with E-state index < -0.39 is 10.1 Å². The van der Waals surface area contributed by atoms with Gasteiger partial charge in [0.15, 0.2) is 11.5 Å². The molecule has 1 saturated heterocycles. The zero-order valence-corrected chi connectivity index (χ0v) is 17.3. The number of hydrogen-bond donors (Lipinski definition) is 2. The smallest absolute Gasteiger partial charge is 0.294 e. The van der Waals surface area contributed by atoms with Crippen LogP contribution in [-0.4, -0.2) is 56.3 Å². The molecule has 158 valence electrons. The Balaban J connectivity index is 0.000000188. The predicted molar refractivity (Wildman–Crippen MR) is 111 cm³/mol. The molecule has 3 N–H and O–H groups in total. The third-order valence-electron chi connectivity index (χ3n) is 4.89. The lowest BCUT2D eigenvalue weighted by Gasteiger charge is -2.35. The van der Waals surface area contributed by atoms with Gasteiger partial charge in [-0.3, -0.25) is 9.45 Å². The van der Waals surface area contributed by atoms with E-state index in [0.29, 0.717) is 12.6 Å². The Bertz CT molecular complexity index is 902. The first-order chi connectivity index (χ1) is 13.8. The molecule has 2 aromatic carbocycles. The number of ether oxygens (including phenoxy) is 2. The average molecular weight is 421 g/mol. The summed E-state index contributed by atoms with van der Waals surface area (Å²) in [5.74, 6) is 1.71. The van der Waals surface area contributed by atoms with Crippen molar-refractivity contribution in [2.24, 2.45) is 5.73 Å². The van der Waals surface area contributed by atoms with Crippen molar-refractivity contribution >= 4 is 10.1 Å². The largest absolute Gasteiger partial charge is 0.486 e. The van der Waals surface area contributed by atoms with Gasteiger partial charge in [0.05, 0.1) is 4.90 Å². The third-order valence-corrected chi connectivity index (χ3v) is 5.76. The second-order valence-electron chi connectivity index (χ2n) is 7.45. The molecule has 1 fully saturated rings. The molecule has 2 atom stereocenters. The van der Waals surface area contributed by atoms with Crippen LogP contribution >= 0.6 is 0 Å². The first-order valence-electron chi connectivity index (χ1n) is 9.72. The predicted octanol–water partition coefficient (Wildman–Crippen LogP) is 2.49. The van der Waals surface area contributed by atoms with Gasteiger partial charge in [0.25, 0.3) is 10.1 Å². The van der Waals surface area contributed by atoms with Crippen LogP contribution in [0.25, 0.3) is 0 Å². The van der Waals surface area contributed by atoms with Crippen LogP contribution in [0.1, 0.15) is 18.4 Å². The first kappa shape index (κ1) is 21.6. The van der Waals surface area contributed by atoms with E-state index in [1.165, 1.54) is 18.6 Å². The molecule has 0 amide bonds. The zero-order valence-electron chi connectivity index (χ0n) is 16.5. The number of benzene rings is 2. The quantitative estimate of drug-likeness (QED) is 0.736. The lowest BCUT2D eigenvalue weighted by Crippen LogP contribution is -2.48. The van der Waals surface area contributed by atoms with E-state index in [0.717, 1.165) is 43.1 Å². The molecule has 2 aliphatic rings. The van der Waals surface area contributed by atoms with Gasteiger partial charge in [0, 0.05) is 19.1 Å². The van der Waals surface area contributed by atoms with Crippen LogP contribution in [0.15, 0.2) is 53.4 Å². The minimum Gasteiger partial charge on any atom is -0.486 e. The van der Waals surface area contributed by atoms with Crippen LogP contribution in [0.2, 0.25) is 0 Å². The standard InChI is InChI=1S/C14H20N2O2.C7H8O3S/c15-11-4-3-7-16(8-11)9-12-10-17-13-5-1-2-6-14(13)18-12;1-6-2-4-7(5-3-6)11(8,9)10/h1-2,5-6,11-12H,3-4,7-10,15H2;2-5H,1H3,(H,8,9,10)/t11-,12-;/m0./s1. The number of nitrogens with two attached hydrogens (primary N) is 1. The number of hydrogen-bond acceptors (Lipinski definition) is 6. The fourth-order valence-corrected chi connectivity index (χ4v) is 3.89. The van der Waals surface area contributed by atoms with E-state index in [4.69, 9.17) is 19.8 Å². The Labute approximate surface area is 172 Å². The summed E-state index contributed by atoms with van der Waals surface area (Å²) in [6.07, 6.45) is 2.44. The van der Waals surface area contributed by atoms with Gasteiger partial charge in [-0.1, -0.05) is 29.8 Å². The van der Waals surface area contributed by atoms with E-state index in [-0.39, 0.29) is 11.0 Å². The topological polar surface area (TPSA) is 102 Å². The lowest BCUT2D eigenvalue weighted by molar-refractivity contribution is 0.0508. The Hall–Kier alpha value is -2.13. The highest BCUT2D eigenvalue weighted by molar-refractivity contribution is 7.85. The van der Waals surface area contributed by atoms with E-state index in [9.17, 15) is 8.42 Å². The van der Waals surface area contributed by atoms with Crippen molar-refractivity contribution in [2.45, 2.75) is 36.8 Å². The highest BCUT2D eigenvalue weighted by Crippen LogP contribution is 2.31. The van der Waals surface area contributed by atoms with Gasteiger partial charge in [-0.05, 0) is 50.6 Å². The molecular formula is C21H28N2O5S. The summed E-state index contributed by atoms with van der Waals surface area (Å²) in [5.41, 5.74) is 6.95. The molecule has 8 heteroatoms. The fraction of sp³-hybridized carbons (Fsp3) is 0.429. The molecule has 4 rings (SSSR count). The average Bonchev–Trinajstić information content (AvgIpc) is 2.68. The first-order valence-corrected chi connectivity index (χ1v) is 11.2. The van der Waals surface area contributed by atoms with Crippen molar-refractivity contribution < 1.29 is 22.4 Å². The summed E-state index contributed by atoms with van der Waals surface area (Å²) in [6, 6.07) is 14.1. The molecule has 0 aliphatic carbocycles. The number of rotatable bonds is 3. The fourth-order valence-electron chi connectivity index (χ4n) is 3.41. The number of fused-ring (bicyclic) bond motifs is 1. The van der Waals surface area contributed by atoms with Crippen LogP contribution in [0.5, 0.6) is 11.5 Å². The van der Waals surface area contributed by atoms with Crippen molar-refractivity contribution in [2.75, 3.05) is 26.2 Å². The van der Waals surface area contributed by atoms with Gasteiger partial charge in [0.2, 0.25) is 0 Å². The van der Waals surface area contributed by atoms with Crippen LogP contribution in [0.4, 0.5) is 0 Å². The number of piperidine rings is 1. The summed E-state index contributed by atoms with van der Waals surface area (Å²) in [4.78, 5) is 2.32. The van der Waals surface area contributed by atoms with Crippen molar-refractivity contribution in [1.29, 1.82) is 0 Å². The number of para-hydroxylation sites is 2. The van der Waals surface area contributed by atoms with Gasteiger partial charge in [-0.2, -0.15) is 8.42 Å². The molecule has 2 aliphatic heterocycles. The molecule has 0 aromatic heterocycles. The van der Waals surface area contributed by atoms with E-state index in [2.05, 4.69) is 4.90 Å². The van der Waals surface area contributed by atoms with Crippen molar-refractivity contribution in [3.8, 4) is 11.5 Å². The number of aryl methyl sites for hydroxylation is 1. The molecular weight excluding hydrogens is 392 g/mol. The van der Waals surface area contributed by atoms with E-state index in [1.54, 1.807) is 12.1 Å². The second kappa shape index (κ2) is 9.58. The molecule has 7 nitrogen and oxygen atoms in total. The Morgan fingerprint density at radius 3 is 2.48 bits per heavy atom. The van der Waals surface area contributed by atoms with Crippen LogP contribution < -0.4 is 15.2 Å². The molecule has 0 spiro atoms. The summed E-state index contributed by atoms with van der Waals surface area (Å²) in [6.45, 7) is 5.47. The molecule has 29 heavy (non-hydrogen) atoms. The number of likely N-dealkylation sites (tertiary alicyclic amines) is 1. The Morgan fingerprint density at radius 2 is 1.83 bits per heavy atom. The number of nitrogens with zero attached hydrogens (tertiary/aromatic N) is 1. The minimum atomic E-state index is -4.02. The van der Waals surface area contributed by atoms with E-state index >= 15 is 0 Å². The van der Waals surface area contributed by atoms with Gasteiger partial charge in [-0.25, -0.2) is 0 Å². The van der Waals surface area contributed by atoms with Crippen molar-refractivity contribution in [3.63, 3.8) is 0 Å². The molecule has 0 saturated carbocycles. The van der Waals surface area contributed by atoms with Crippen molar-refractivity contribution in [3.05, 3.63) is 54.1 Å². The molecule has 0 bridgehead atoms. The maximum Gasteiger partial charge on any atom is 0.294 e. The summed E-state index contributed by atoms with van der Waals surface area (Å²) < 4.78 is 41.2. The highest BCUT2D eigenvalue weighted by Gasteiger charge is 2.25. The summed E-state index contributed by atoms with van der Waals surface area (Å²) in [5, 5.41) is 0. The van der Waals surface area contributed by atoms with Crippen molar-refractivity contribution in [1.82, 2.24) is 4.90 Å². The minimum absolute atomic E-state index is 0.0666. The van der Waals surface area contributed by atoms with Gasteiger partial charge >= 0.3 is 0 Å². The van der Waals surface area contributed by atoms with Crippen LogP contribution in [0.3, 0.4) is 0 Å². The zero-order chi connectivity index (χ0) is 20.9. The van der Waals surface area contributed by atoms with Gasteiger partial charge < -0.3 is 15.2 Å². The molecule has 0 unspecified atom stereocenters. The molecule has 2 heterocycles.